The highest BCUT2D eigenvalue weighted by Gasteiger charge is 2.44. The van der Waals surface area contributed by atoms with Gasteiger partial charge in [-0.25, -0.2) is 4.79 Å². The average Bonchev–Trinajstić information content (AvgIpc) is 2.87. The zero-order valence-corrected chi connectivity index (χ0v) is 15.7. The summed E-state index contributed by atoms with van der Waals surface area (Å²) in [5.41, 5.74) is -0.232. The smallest absolute Gasteiger partial charge is 0.327 e. The number of fused-ring (bicyclic) bond motifs is 1. The highest BCUT2D eigenvalue weighted by Crippen LogP contribution is 2.36. The van der Waals surface area contributed by atoms with Gasteiger partial charge in [0.1, 0.15) is 18.6 Å². The van der Waals surface area contributed by atoms with Gasteiger partial charge in [-0.1, -0.05) is 12.1 Å². The van der Waals surface area contributed by atoms with Gasteiger partial charge in [0.05, 0.1) is 11.4 Å². The Hall–Kier alpha value is -3.43. The Bertz CT molecular complexity index is 881. The lowest BCUT2D eigenvalue weighted by molar-refractivity contribution is -0.150. The lowest BCUT2D eigenvalue weighted by atomic mass is 9.96. The number of esters is 1. The zero-order valence-electron chi connectivity index (χ0n) is 15.7. The average molecular weight is 388 g/mol. The predicted octanol–water partition coefficient (Wildman–Crippen LogP) is 0.187. The number of amides is 5. The fraction of sp³-hybridized carbons (Fsp3) is 0.389. The number of nitrogens with zero attached hydrogens (tertiary/aromatic N) is 3. The number of hydrogen-bond acceptors (Lipinski definition) is 6. The molecule has 1 fully saturated rings. The Morgan fingerprint density at radius 1 is 1.18 bits per heavy atom. The van der Waals surface area contributed by atoms with Crippen molar-refractivity contribution >= 4 is 41.1 Å². The van der Waals surface area contributed by atoms with Crippen molar-refractivity contribution in [2.45, 2.75) is 19.4 Å². The second-order valence-electron chi connectivity index (χ2n) is 7.04. The van der Waals surface area contributed by atoms with Crippen LogP contribution >= 0.6 is 0 Å². The van der Waals surface area contributed by atoms with Crippen molar-refractivity contribution in [2.75, 3.05) is 37.0 Å². The van der Waals surface area contributed by atoms with Crippen molar-refractivity contribution in [1.29, 1.82) is 0 Å². The van der Waals surface area contributed by atoms with Crippen molar-refractivity contribution in [3.63, 3.8) is 0 Å². The van der Waals surface area contributed by atoms with Crippen LogP contribution in [-0.2, 0) is 23.9 Å². The Labute approximate surface area is 161 Å². The summed E-state index contributed by atoms with van der Waals surface area (Å²) in [4.78, 5) is 63.9. The summed E-state index contributed by atoms with van der Waals surface area (Å²) >= 11 is 0. The Kier molecular flexibility index (Phi) is 4.80. The minimum absolute atomic E-state index is 0.112. The summed E-state index contributed by atoms with van der Waals surface area (Å²) in [6.45, 7) is 1.84. The molecule has 10 nitrogen and oxygen atoms in total. The molecule has 0 bridgehead atoms. The quantitative estimate of drug-likeness (QED) is 0.581. The normalized spacial score (nSPS) is 18.1. The minimum Gasteiger partial charge on any atom is -0.454 e. The molecule has 1 N–H and O–H groups in total. The van der Waals surface area contributed by atoms with Gasteiger partial charge in [0, 0.05) is 7.05 Å². The summed E-state index contributed by atoms with van der Waals surface area (Å²) in [5, 5.41) is 2.74. The molecule has 0 atom stereocenters. The van der Waals surface area contributed by atoms with E-state index in [0.29, 0.717) is 11.4 Å². The molecule has 2 aliphatic heterocycles. The molecule has 3 rings (SSSR count). The lowest BCUT2D eigenvalue weighted by Gasteiger charge is -2.41. The zero-order chi connectivity index (χ0) is 20.6. The van der Waals surface area contributed by atoms with Gasteiger partial charge in [-0.2, -0.15) is 0 Å². The second kappa shape index (κ2) is 6.95. The van der Waals surface area contributed by atoms with Crippen molar-refractivity contribution in [2.24, 2.45) is 0 Å². The highest BCUT2D eigenvalue weighted by atomic mass is 16.5. The first-order chi connectivity index (χ1) is 13.1. The largest absolute Gasteiger partial charge is 0.454 e. The molecule has 0 unspecified atom stereocenters. The fourth-order valence-corrected chi connectivity index (χ4v) is 3.10. The molecule has 0 saturated carbocycles. The molecule has 10 heteroatoms. The Balaban J connectivity index is 1.69. The molecule has 0 spiro atoms. The number of nitrogens with one attached hydrogen (secondary N) is 1. The topological polar surface area (TPSA) is 116 Å². The molecule has 0 aliphatic carbocycles. The molecular formula is C18H20N4O6. The number of para-hydroxylation sites is 2. The number of benzene rings is 1. The van der Waals surface area contributed by atoms with Crippen LogP contribution in [0.2, 0.25) is 0 Å². The van der Waals surface area contributed by atoms with Gasteiger partial charge in [-0.05, 0) is 26.0 Å². The van der Waals surface area contributed by atoms with Crippen LogP contribution in [0.1, 0.15) is 13.8 Å². The van der Waals surface area contributed by atoms with Crippen LogP contribution in [0.25, 0.3) is 0 Å². The third-order valence-electron chi connectivity index (χ3n) is 4.63. The van der Waals surface area contributed by atoms with E-state index < -0.39 is 42.5 Å². The maximum atomic E-state index is 12.8. The summed E-state index contributed by atoms with van der Waals surface area (Å²) in [6, 6.07) is 6.18. The van der Waals surface area contributed by atoms with E-state index in [9.17, 15) is 24.0 Å². The second-order valence-corrected chi connectivity index (χ2v) is 7.04. The lowest BCUT2D eigenvalue weighted by Crippen LogP contribution is -2.59. The van der Waals surface area contributed by atoms with Crippen molar-refractivity contribution in [3.8, 4) is 0 Å². The third kappa shape index (κ3) is 3.28. The Morgan fingerprint density at radius 2 is 1.86 bits per heavy atom. The molecular weight excluding hydrogens is 368 g/mol. The first-order valence-corrected chi connectivity index (χ1v) is 8.57. The molecule has 28 heavy (non-hydrogen) atoms. The predicted molar refractivity (Wildman–Crippen MR) is 97.3 cm³/mol. The highest BCUT2D eigenvalue weighted by molar-refractivity contribution is 6.14. The first-order valence-electron chi connectivity index (χ1n) is 8.57. The minimum atomic E-state index is -1.19. The Morgan fingerprint density at radius 3 is 2.50 bits per heavy atom. The number of rotatable bonds is 4. The van der Waals surface area contributed by atoms with Gasteiger partial charge >= 0.3 is 12.0 Å². The molecule has 2 heterocycles. The molecule has 5 amide bonds. The number of hydrogen-bond donors (Lipinski definition) is 1. The first kappa shape index (κ1) is 19.3. The number of imide groups is 1. The molecule has 0 aromatic heterocycles. The van der Waals surface area contributed by atoms with Gasteiger partial charge in [0.25, 0.3) is 11.8 Å². The number of carbonyl (C=O) groups excluding carboxylic acids is 5. The third-order valence-corrected chi connectivity index (χ3v) is 4.63. The standard InChI is InChI=1S/C18H20N4O6/c1-18(2)16(26)19-11-6-4-5-7-12(11)22(18)14(24)10-28-15(25)9-21-13(23)8-20(3)17(21)27/h4-7H,8-10H2,1-3H3,(H,19,26). The van der Waals surface area contributed by atoms with Crippen LogP contribution in [0, 0.1) is 0 Å². The number of ether oxygens (including phenoxy) is 1. The van der Waals surface area contributed by atoms with Gasteiger partial charge in [-0.15, -0.1) is 0 Å². The molecule has 2 aliphatic rings. The molecule has 1 saturated heterocycles. The summed E-state index contributed by atoms with van der Waals surface area (Å²) in [5.74, 6) is -2.38. The van der Waals surface area contributed by atoms with Crippen LogP contribution in [0.3, 0.4) is 0 Å². The number of carbonyl (C=O) groups is 5. The fourth-order valence-electron chi connectivity index (χ4n) is 3.10. The maximum absolute atomic E-state index is 12.8. The van der Waals surface area contributed by atoms with Gasteiger partial charge in [0.15, 0.2) is 6.61 Å². The summed E-state index contributed by atoms with van der Waals surface area (Å²) < 4.78 is 4.97. The SMILES string of the molecule is CN1CC(=O)N(CC(=O)OCC(=O)N2c3ccccc3NC(=O)C2(C)C)C1=O. The van der Waals surface area contributed by atoms with Crippen molar-refractivity contribution < 1.29 is 28.7 Å². The van der Waals surface area contributed by atoms with E-state index in [0.717, 1.165) is 4.90 Å². The van der Waals surface area contributed by atoms with Crippen LogP contribution in [0.15, 0.2) is 24.3 Å². The summed E-state index contributed by atoms with van der Waals surface area (Å²) in [6.07, 6.45) is 0. The molecule has 0 radical (unpaired) electrons. The molecule has 1 aromatic rings. The van der Waals surface area contributed by atoms with Gasteiger partial charge in [0.2, 0.25) is 5.91 Å². The van der Waals surface area contributed by atoms with E-state index in [4.69, 9.17) is 4.74 Å². The van der Waals surface area contributed by atoms with E-state index in [1.54, 1.807) is 38.1 Å². The van der Waals surface area contributed by atoms with Crippen molar-refractivity contribution in [1.82, 2.24) is 9.80 Å². The number of anilines is 2. The number of urea groups is 1. The molecule has 1 aromatic carbocycles. The van der Waals surface area contributed by atoms with Crippen LogP contribution in [-0.4, -0.2) is 71.8 Å². The summed E-state index contributed by atoms with van der Waals surface area (Å²) in [7, 11) is 1.44. The van der Waals surface area contributed by atoms with Crippen molar-refractivity contribution in [3.05, 3.63) is 24.3 Å². The van der Waals surface area contributed by atoms with Crippen LogP contribution in [0.5, 0.6) is 0 Å². The van der Waals surface area contributed by atoms with Crippen LogP contribution < -0.4 is 10.2 Å². The molecule has 148 valence electrons. The van der Waals surface area contributed by atoms with Crippen LogP contribution in [0.4, 0.5) is 16.2 Å². The van der Waals surface area contributed by atoms with E-state index in [1.165, 1.54) is 16.8 Å². The van der Waals surface area contributed by atoms with Gasteiger partial charge < -0.3 is 15.0 Å². The van der Waals surface area contributed by atoms with E-state index >= 15 is 0 Å². The van der Waals surface area contributed by atoms with E-state index in [2.05, 4.69) is 5.32 Å². The van der Waals surface area contributed by atoms with E-state index in [-0.39, 0.29) is 12.5 Å². The number of likely N-dealkylation sites (N-methyl/N-ethyl adjacent to an activating group) is 1. The monoisotopic (exact) mass is 388 g/mol. The maximum Gasteiger partial charge on any atom is 0.327 e. The van der Waals surface area contributed by atoms with E-state index in [1.807, 2.05) is 0 Å². The van der Waals surface area contributed by atoms with Gasteiger partial charge in [-0.3, -0.25) is 29.0 Å².